The number of halogens is 2. The van der Waals surface area contributed by atoms with Crippen LogP contribution in [0.1, 0.15) is 24.8 Å². The molecule has 2 atom stereocenters. The van der Waals surface area contributed by atoms with Gasteiger partial charge in [0.15, 0.2) is 11.6 Å². The van der Waals surface area contributed by atoms with Crippen LogP contribution in [0.5, 0.6) is 0 Å². The fraction of sp³-hybridized carbons (Fsp3) is 0.455. The average molecular weight is 215 g/mol. The topological polar surface area (TPSA) is 46.2 Å². The van der Waals surface area contributed by atoms with Crippen molar-refractivity contribution in [1.82, 2.24) is 0 Å². The molecule has 1 aromatic carbocycles. The van der Waals surface area contributed by atoms with Crippen LogP contribution < -0.4 is 5.73 Å². The summed E-state index contributed by atoms with van der Waals surface area (Å²) in [5.74, 6) is -1.89. The van der Waals surface area contributed by atoms with Gasteiger partial charge in [-0.15, -0.1) is 0 Å². The van der Waals surface area contributed by atoms with Crippen molar-refractivity contribution in [2.75, 3.05) is 6.54 Å². The van der Waals surface area contributed by atoms with Gasteiger partial charge in [-0.25, -0.2) is 8.78 Å². The molecule has 15 heavy (non-hydrogen) atoms. The first-order valence-corrected chi connectivity index (χ1v) is 4.87. The molecule has 0 amide bonds. The predicted molar refractivity (Wildman–Crippen MR) is 54.5 cm³/mol. The molecule has 3 N–H and O–H groups in total. The third-order valence-corrected chi connectivity index (χ3v) is 2.33. The van der Waals surface area contributed by atoms with E-state index in [2.05, 4.69) is 0 Å². The van der Waals surface area contributed by atoms with Crippen molar-refractivity contribution in [3.63, 3.8) is 0 Å². The Hall–Kier alpha value is -1.00. The molecule has 4 heteroatoms. The molecule has 0 spiro atoms. The Kier molecular flexibility index (Phi) is 4.17. The molecule has 0 aliphatic carbocycles. The predicted octanol–water partition coefficient (Wildman–Crippen LogP) is 1.78. The van der Waals surface area contributed by atoms with E-state index in [0.717, 1.165) is 12.1 Å². The van der Waals surface area contributed by atoms with E-state index in [9.17, 15) is 13.9 Å². The molecule has 1 rings (SSSR count). The molecule has 0 fully saturated rings. The van der Waals surface area contributed by atoms with Gasteiger partial charge >= 0.3 is 0 Å². The third-order valence-electron chi connectivity index (χ3n) is 2.33. The molecule has 0 aliphatic rings. The van der Waals surface area contributed by atoms with E-state index in [1.807, 2.05) is 0 Å². The van der Waals surface area contributed by atoms with Crippen LogP contribution in [-0.4, -0.2) is 17.8 Å². The Balaban J connectivity index is 2.87. The Bertz CT molecular complexity index is 328. The number of hydrogen-bond donors (Lipinski definition) is 2. The Morgan fingerprint density at radius 1 is 1.33 bits per heavy atom. The summed E-state index contributed by atoms with van der Waals surface area (Å²) in [5.41, 5.74) is 6.14. The van der Waals surface area contributed by atoms with Gasteiger partial charge in [-0.2, -0.15) is 0 Å². The lowest BCUT2D eigenvalue weighted by Gasteiger charge is -2.16. The highest BCUT2D eigenvalue weighted by atomic mass is 19.2. The summed E-state index contributed by atoms with van der Waals surface area (Å²) in [6, 6.07) is 3.71. The van der Waals surface area contributed by atoms with Gasteiger partial charge in [0.25, 0.3) is 0 Å². The molecule has 0 heterocycles. The van der Waals surface area contributed by atoms with Gasteiger partial charge in [0.2, 0.25) is 0 Å². The minimum atomic E-state index is -0.878. The first kappa shape index (κ1) is 12.1. The lowest BCUT2D eigenvalue weighted by molar-refractivity contribution is 0.175. The molecule has 0 radical (unpaired) electrons. The lowest BCUT2D eigenvalue weighted by atomic mass is 9.93. The zero-order valence-electron chi connectivity index (χ0n) is 8.58. The highest BCUT2D eigenvalue weighted by molar-refractivity contribution is 5.22. The van der Waals surface area contributed by atoms with E-state index in [1.54, 1.807) is 6.92 Å². The molecular weight excluding hydrogens is 200 g/mol. The molecule has 2 nitrogen and oxygen atoms in total. The monoisotopic (exact) mass is 215 g/mol. The van der Waals surface area contributed by atoms with Gasteiger partial charge < -0.3 is 10.8 Å². The number of hydrogen-bond acceptors (Lipinski definition) is 2. The van der Waals surface area contributed by atoms with Crippen molar-refractivity contribution < 1.29 is 13.9 Å². The first-order valence-electron chi connectivity index (χ1n) is 4.87. The molecular formula is C11H15F2NO. The lowest BCUT2D eigenvalue weighted by Crippen LogP contribution is -2.17. The van der Waals surface area contributed by atoms with Crippen molar-refractivity contribution in [3.05, 3.63) is 35.4 Å². The summed E-state index contributed by atoms with van der Waals surface area (Å²) in [6.45, 7) is 1.94. The van der Waals surface area contributed by atoms with Crippen LogP contribution in [0.2, 0.25) is 0 Å². The van der Waals surface area contributed by atoms with Gasteiger partial charge in [-0.05, 0) is 43.5 Å². The summed E-state index contributed by atoms with van der Waals surface area (Å²) in [5, 5.41) is 9.22. The normalized spacial score (nSPS) is 15.0. The quantitative estimate of drug-likeness (QED) is 0.804. The zero-order valence-corrected chi connectivity index (χ0v) is 8.58. The van der Waals surface area contributed by atoms with Crippen LogP contribution in [0.4, 0.5) is 8.78 Å². The molecule has 0 saturated heterocycles. The average Bonchev–Trinajstić information content (AvgIpc) is 2.18. The van der Waals surface area contributed by atoms with E-state index >= 15 is 0 Å². The Morgan fingerprint density at radius 2 is 2.00 bits per heavy atom. The Morgan fingerprint density at radius 3 is 2.47 bits per heavy atom. The maximum Gasteiger partial charge on any atom is 0.159 e. The molecule has 1 aromatic rings. The maximum absolute atomic E-state index is 12.9. The van der Waals surface area contributed by atoms with E-state index in [0.29, 0.717) is 18.5 Å². The van der Waals surface area contributed by atoms with Crippen molar-refractivity contribution >= 4 is 0 Å². The standard InChI is InChI=1S/C11H15F2NO/c1-7(15)4-9(6-14)8-2-3-10(12)11(13)5-8/h2-3,5,7,9,15H,4,6,14H2,1H3. The number of benzene rings is 1. The number of rotatable bonds is 4. The number of nitrogens with two attached hydrogens (primary N) is 1. The summed E-state index contributed by atoms with van der Waals surface area (Å²) < 4.78 is 25.6. The minimum Gasteiger partial charge on any atom is -0.393 e. The maximum atomic E-state index is 12.9. The highest BCUT2D eigenvalue weighted by Gasteiger charge is 2.14. The van der Waals surface area contributed by atoms with E-state index in [-0.39, 0.29) is 5.92 Å². The van der Waals surface area contributed by atoms with Gasteiger partial charge in [0, 0.05) is 0 Å². The molecule has 84 valence electrons. The van der Waals surface area contributed by atoms with Crippen molar-refractivity contribution in [2.45, 2.75) is 25.4 Å². The van der Waals surface area contributed by atoms with Crippen LogP contribution in [-0.2, 0) is 0 Å². The fourth-order valence-corrected chi connectivity index (χ4v) is 1.55. The summed E-state index contributed by atoms with van der Waals surface area (Å²) in [6.07, 6.45) is -0.0617. The molecule has 2 unspecified atom stereocenters. The highest BCUT2D eigenvalue weighted by Crippen LogP contribution is 2.22. The second kappa shape index (κ2) is 5.19. The summed E-state index contributed by atoms with van der Waals surface area (Å²) >= 11 is 0. The first-order chi connectivity index (χ1) is 7.04. The van der Waals surface area contributed by atoms with Crippen molar-refractivity contribution in [2.24, 2.45) is 5.73 Å². The van der Waals surface area contributed by atoms with Crippen LogP contribution in [0.3, 0.4) is 0 Å². The van der Waals surface area contributed by atoms with Crippen LogP contribution >= 0.6 is 0 Å². The fourth-order valence-electron chi connectivity index (χ4n) is 1.55. The second-order valence-corrected chi connectivity index (χ2v) is 3.69. The van der Waals surface area contributed by atoms with Crippen LogP contribution in [0, 0.1) is 11.6 Å². The summed E-state index contributed by atoms with van der Waals surface area (Å²) in [7, 11) is 0. The number of aliphatic hydroxyl groups is 1. The number of aliphatic hydroxyl groups excluding tert-OH is 1. The van der Waals surface area contributed by atoms with Gasteiger partial charge in [0.05, 0.1) is 6.10 Å². The SMILES string of the molecule is CC(O)CC(CN)c1ccc(F)c(F)c1. The van der Waals surface area contributed by atoms with Gasteiger partial charge in [0.1, 0.15) is 0 Å². The van der Waals surface area contributed by atoms with Gasteiger partial charge in [-0.3, -0.25) is 0 Å². The van der Waals surface area contributed by atoms with E-state index in [1.165, 1.54) is 6.07 Å². The zero-order chi connectivity index (χ0) is 11.4. The smallest absolute Gasteiger partial charge is 0.159 e. The molecule has 0 bridgehead atoms. The molecule has 0 aliphatic heterocycles. The molecule has 0 aromatic heterocycles. The van der Waals surface area contributed by atoms with E-state index in [4.69, 9.17) is 5.73 Å². The second-order valence-electron chi connectivity index (χ2n) is 3.69. The minimum absolute atomic E-state index is 0.139. The summed E-state index contributed by atoms with van der Waals surface area (Å²) in [4.78, 5) is 0. The molecule has 0 saturated carbocycles. The van der Waals surface area contributed by atoms with Crippen molar-refractivity contribution in [1.29, 1.82) is 0 Å². The van der Waals surface area contributed by atoms with E-state index < -0.39 is 17.7 Å². The van der Waals surface area contributed by atoms with Crippen LogP contribution in [0.15, 0.2) is 18.2 Å². The van der Waals surface area contributed by atoms with Crippen molar-refractivity contribution in [3.8, 4) is 0 Å². The largest absolute Gasteiger partial charge is 0.393 e. The van der Waals surface area contributed by atoms with Gasteiger partial charge in [-0.1, -0.05) is 6.07 Å². The Labute approximate surface area is 87.7 Å². The van der Waals surface area contributed by atoms with Crippen LogP contribution in [0.25, 0.3) is 0 Å². The third kappa shape index (κ3) is 3.25.